The molecule has 3 nitrogen and oxygen atoms in total. The van der Waals surface area contributed by atoms with Gasteiger partial charge in [-0.2, -0.15) is 0 Å². The Bertz CT molecular complexity index is 831. The zero-order valence-electron chi connectivity index (χ0n) is 11.0. The second kappa shape index (κ2) is 6.24. The van der Waals surface area contributed by atoms with Crippen molar-refractivity contribution < 1.29 is 9.53 Å². The molecule has 0 atom stereocenters. The Balaban J connectivity index is 1.98. The lowest BCUT2D eigenvalue weighted by Gasteiger charge is -2.01. The van der Waals surface area contributed by atoms with Gasteiger partial charge in [0.1, 0.15) is 0 Å². The van der Waals surface area contributed by atoms with Gasteiger partial charge < -0.3 is 4.74 Å². The van der Waals surface area contributed by atoms with Crippen LogP contribution in [0.3, 0.4) is 0 Å². The lowest BCUT2D eigenvalue weighted by atomic mass is 10.2. The smallest absolute Gasteiger partial charge is 0.363 e. The fraction of sp³-hybridized carbons (Fsp3) is 0. The highest BCUT2D eigenvalue weighted by Crippen LogP contribution is 2.26. The molecule has 0 radical (unpaired) electrons. The molecule has 6 heteroatoms. The molecule has 1 aliphatic rings. The van der Waals surface area contributed by atoms with Gasteiger partial charge in [-0.3, -0.25) is 0 Å². The molecule has 0 spiro atoms. The number of ether oxygens (including phenoxy) is 1. The minimum absolute atomic E-state index is 0.212. The number of benzene rings is 2. The number of halogens is 3. The van der Waals surface area contributed by atoms with E-state index in [0.717, 1.165) is 10.0 Å². The number of carbonyl (C=O) groups is 1. The molecule has 0 aromatic heterocycles. The molecule has 0 amide bonds. The highest BCUT2D eigenvalue weighted by Gasteiger charge is 2.25. The van der Waals surface area contributed by atoms with E-state index in [0.29, 0.717) is 15.6 Å². The third kappa shape index (κ3) is 3.09. The number of esters is 1. The molecule has 0 aliphatic carbocycles. The summed E-state index contributed by atoms with van der Waals surface area (Å²) in [6.45, 7) is 0. The Morgan fingerprint density at radius 3 is 2.59 bits per heavy atom. The second-order valence-electron chi connectivity index (χ2n) is 4.49. The van der Waals surface area contributed by atoms with Crippen LogP contribution >= 0.6 is 39.1 Å². The average molecular weight is 397 g/mol. The van der Waals surface area contributed by atoms with Gasteiger partial charge in [0.05, 0.1) is 15.6 Å². The molecule has 0 bridgehead atoms. The molecule has 0 saturated heterocycles. The van der Waals surface area contributed by atoms with Crippen molar-refractivity contribution in [3.05, 3.63) is 73.8 Å². The van der Waals surface area contributed by atoms with Gasteiger partial charge in [-0.15, -0.1) is 0 Å². The minimum Gasteiger partial charge on any atom is -0.402 e. The van der Waals surface area contributed by atoms with Gasteiger partial charge in [0.25, 0.3) is 0 Å². The Hall–Kier alpha value is -1.62. The summed E-state index contributed by atoms with van der Waals surface area (Å²) in [6, 6.07) is 12.5. The summed E-state index contributed by atoms with van der Waals surface area (Å²) in [5, 5.41) is 0.868. The van der Waals surface area contributed by atoms with Crippen LogP contribution in [0.4, 0.5) is 0 Å². The van der Waals surface area contributed by atoms with Crippen LogP contribution in [0.2, 0.25) is 10.0 Å². The van der Waals surface area contributed by atoms with E-state index in [1.807, 2.05) is 24.3 Å². The van der Waals surface area contributed by atoms with Crippen LogP contribution in [-0.2, 0) is 9.53 Å². The van der Waals surface area contributed by atoms with Crippen molar-refractivity contribution in [1.82, 2.24) is 0 Å². The molecule has 2 aromatic carbocycles. The molecule has 1 heterocycles. The standard InChI is InChI=1S/C16H8BrCl2NO2/c17-11-4-2-1-3-10(11)15-20-14(16(21)22-15)8-9-5-6-12(18)13(19)7-9/h1-8H. The Kier molecular flexibility index (Phi) is 4.34. The third-order valence-electron chi connectivity index (χ3n) is 2.97. The normalized spacial score (nSPS) is 15.9. The molecule has 110 valence electrons. The van der Waals surface area contributed by atoms with Crippen molar-refractivity contribution in [1.29, 1.82) is 0 Å². The summed E-state index contributed by atoms with van der Waals surface area (Å²) in [6.07, 6.45) is 1.61. The van der Waals surface area contributed by atoms with E-state index in [9.17, 15) is 4.79 Å². The van der Waals surface area contributed by atoms with Gasteiger partial charge in [-0.05, 0) is 51.8 Å². The highest BCUT2D eigenvalue weighted by atomic mass is 79.9. The molecule has 2 aromatic rings. The number of carbonyl (C=O) groups excluding carboxylic acids is 1. The third-order valence-corrected chi connectivity index (χ3v) is 4.40. The lowest BCUT2D eigenvalue weighted by molar-refractivity contribution is -0.129. The predicted octanol–water partition coefficient (Wildman–Crippen LogP) is 5.10. The van der Waals surface area contributed by atoms with Crippen LogP contribution in [0.5, 0.6) is 0 Å². The van der Waals surface area contributed by atoms with Crippen molar-refractivity contribution in [2.24, 2.45) is 4.99 Å². The second-order valence-corrected chi connectivity index (χ2v) is 6.16. The van der Waals surface area contributed by atoms with Crippen molar-refractivity contribution in [3.63, 3.8) is 0 Å². The van der Waals surface area contributed by atoms with Gasteiger partial charge in [-0.1, -0.05) is 41.4 Å². The molecule has 3 rings (SSSR count). The minimum atomic E-state index is -0.503. The summed E-state index contributed by atoms with van der Waals surface area (Å²) in [5.74, 6) is -0.236. The topological polar surface area (TPSA) is 38.7 Å². The molecule has 0 unspecified atom stereocenters. The van der Waals surface area contributed by atoms with E-state index in [1.54, 1.807) is 24.3 Å². The maximum atomic E-state index is 11.9. The zero-order chi connectivity index (χ0) is 15.7. The zero-order valence-corrected chi connectivity index (χ0v) is 14.1. The number of cyclic esters (lactones) is 1. The Labute approximate surface area is 145 Å². The summed E-state index contributed by atoms with van der Waals surface area (Å²) in [5.41, 5.74) is 1.65. The SMILES string of the molecule is O=C1OC(c2ccccc2Br)=NC1=Cc1ccc(Cl)c(Cl)c1. The highest BCUT2D eigenvalue weighted by molar-refractivity contribution is 9.10. The average Bonchev–Trinajstić information content (AvgIpc) is 2.84. The number of hydrogen-bond acceptors (Lipinski definition) is 3. The molecule has 0 N–H and O–H groups in total. The first-order valence-corrected chi connectivity index (χ1v) is 7.82. The molecule has 0 saturated carbocycles. The van der Waals surface area contributed by atoms with Crippen LogP contribution in [0, 0.1) is 0 Å². The van der Waals surface area contributed by atoms with Gasteiger partial charge >= 0.3 is 5.97 Å². The van der Waals surface area contributed by atoms with E-state index < -0.39 is 5.97 Å². The van der Waals surface area contributed by atoms with Crippen LogP contribution in [0.15, 0.2) is 57.6 Å². The van der Waals surface area contributed by atoms with Crippen LogP contribution in [0.25, 0.3) is 6.08 Å². The monoisotopic (exact) mass is 395 g/mol. The van der Waals surface area contributed by atoms with E-state index in [4.69, 9.17) is 27.9 Å². The van der Waals surface area contributed by atoms with Crippen molar-refractivity contribution in [2.75, 3.05) is 0 Å². The lowest BCUT2D eigenvalue weighted by Crippen LogP contribution is -2.05. The molecule has 0 fully saturated rings. The van der Waals surface area contributed by atoms with Crippen LogP contribution in [-0.4, -0.2) is 11.9 Å². The first kappa shape index (κ1) is 15.3. The van der Waals surface area contributed by atoms with Gasteiger partial charge in [-0.25, -0.2) is 9.79 Å². The van der Waals surface area contributed by atoms with E-state index >= 15 is 0 Å². The Morgan fingerprint density at radius 2 is 1.86 bits per heavy atom. The molecular formula is C16H8BrCl2NO2. The molecule has 1 aliphatic heterocycles. The fourth-order valence-corrected chi connectivity index (χ4v) is 2.68. The van der Waals surface area contributed by atoms with Crippen molar-refractivity contribution in [3.8, 4) is 0 Å². The predicted molar refractivity (Wildman–Crippen MR) is 91.2 cm³/mol. The number of aliphatic imine (C=N–C) groups is 1. The summed E-state index contributed by atoms with van der Waals surface area (Å²) in [7, 11) is 0. The molecular weight excluding hydrogens is 389 g/mol. The fourth-order valence-electron chi connectivity index (χ4n) is 1.92. The summed E-state index contributed by atoms with van der Waals surface area (Å²) in [4.78, 5) is 16.2. The summed E-state index contributed by atoms with van der Waals surface area (Å²) < 4.78 is 6.02. The quantitative estimate of drug-likeness (QED) is 0.523. The number of nitrogens with zero attached hydrogens (tertiary/aromatic N) is 1. The van der Waals surface area contributed by atoms with E-state index in [2.05, 4.69) is 20.9 Å². The van der Waals surface area contributed by atoms with Crippen LogP contribution in [0.1, 0.15) is 11.1 Å². The maximum absolute atomic E-state index is 11.9. The largest absolute Gasteiger partial charge is 0.402 e. The van der Waals surface area contributed by atoms with Crippen LogP contribution < -0.4 is 0 Å². The number of rotatable bonds is 2. The first-order chi connectivity index (χ1) is 10.5. The number of hydrogen-bond donors (Lipinski definition) is 0. The van der Waals surface area contributed by atoms with Gasteiger partial charge in [0.15, 0.2) is 5.70 Å². The van der Waals surface area contributed by atoms with Gasteiger partial charge in [0, 0.05) is 4.47 Å². The van der Waals surface area contributed by atoms with Crippen molar-refractivity contribution in [2.45, 2.75) is 0 Å². The maximum Gasteiger partial charge on any atom is 0.363 e. The van der Waals surface area contributed by atoms with E-state index in [-0.39, 0.29) is 11.6 Å². The molecule has 22 heavy (non-hydrogen) atoms. The Morgan fingerprint density at radius 1 is 1.09 bits per heavy atom. The summed E-state index contributed by atoms with van der Waals surface area (Å²) >= 11 is 15.2. The van der Waals surface area contributed by atoms with Crippen molar-refractivity contribution >= 4 is 57.1 Å². The van der Waals surface area contributed by atoms with Gasteiger partial charge in [0.2, 0.25) is 5.90 Å². The van der Waals surface area contributed by atoms with E-state index in [1.165, 1.54) is 0 Å². The first-order valence-electron chi connectivity index (χ1n) is 6.27.